The summed E-state index contributed by atoms with van der Waals surface area (Å²) in [7, 11) is 0. The molecular weight excluding hydrogens is 346 g/mol. The molecule has 0 amide bonds. The maximum Gasteiger partial charge on any atom is 0.231 e. The van der Waals surface area contributed by atoms with Gasteiger partial charge in [-0.25, -0.2) is 0 Å². The Bertz CT molecular complexity index is 593. The van der Waals surface area contributed by atoms with E-state index in [1.54, 1.807) is 0 Å². The topological polar surface area (TPSA) is 98.7 Å². The van der Waals surface area contributed by atoms with Gasteiger partial charge in [0.2, 0.25) is 17.8 Å². The molecule has 3 rings (SSSR count). The second-order valence-corrected chi connectivity index (χ2v) is 7.63. The van der Waals surface area contributed by atoms with Gasteiger partial charge in [0.1, 0.15) is 0 Å². The summed E-state index contributed by atoms with van der Waals surface area (Å²) >= 11 is 0. The molecule has 2 fully saturated rings. The summed E-state index contributed by atoms with van der Waals surface area (Å²) in [5.41, 5.74) is 0. The number of rotatable bonds is 7. The standard InChI is InChI=1S/C18H33N7O2/c1-13(2)20-17-21-16(19-6-10-26)22-18(23-17)24-7-4-15(5-8-24)25-9-11-27-14(3)12-25/h13-15,26H,4-12H2,1-3H3,(H2,19,20,21,22,23)/t14-/m0/s1. The number of aromatic nitrogens is 3. The van der Waals surface area contributed by atoms with Gasteiger partial charge in [0.05, 0.1) is 19.3 Å². The summed E-state index contributed by atoms with van der Waals surface area (Å²) in [6, 6.07) is 0.842. The Labute approximate surface area is 161 Å². The first-order valence-electron chi connectivity index (χ1n) is 10.0. The van der Waals surface area contributed by atoms with Crippen molar-refractivity contribution in [3.63, 3.8) is 0 Å². The zero-order valence-corrected chi connectivity index (χ0v) is 16.7. The minimum Gasteiger partial charge on any atom is -0.395 e. The van der Waals surface area contributed by atoms with Crippen molar-refractivity contribution in [2.45, 2.75) is 51.8 Å². The van der Waals surface area contributed by atoms with Crippen LogP contribution in [0.2, 0.25) is 0 Å². The molecule has 0 aromatic carbocycles. The van der Waals surface area contributed by atoms with E-state index < -0.39 is 0 Å². The summed E-state index contributed by atoms with van der Waals surface area (Å²) in [6.07, 6.45) is 2.53. The highest BCUT2D eigenvalue weighted by atomic mass is 16.5. The van der Waals surface area contributed by atoms with Gasteiger partial charge in [0.25, 0.3) is 0 Å². The van der Waals surface area contributed by atoms with Gasteiger partial charge < -0.3 is 25.4 Å². The van der Waals surface area contributed by atoms with Crippen LogP contribution in [0.4, 0.5) is 17.8 Å². The fraction of sp³-hybridized carbons (Fsp3) is 0.833. The van der Waals surface area contributed by atoms with Gasteiger partial charge in [-0.2, -0.15) is 15.0 Å². The average Bonchev–Trinajstić information content (AvgIpc) is 2.66. The number of anilines is 3. The fourth-order valence-corrected chi connectivity index (χ4v) is 3.68. The van der Waals surface area contributed by atoms with Gasteiger partial charge in [-0.3, -0.25) is 4.90 Å². The smallest absolute Gasteiger partial charge is 0.231 e. The van der Waals surface area contributed by atoms with E-state index in [4.69, 9.17) is 9.84 Å². The summed E-state index contributed by atoms with van der Waals surface area (Å²) < 4.78 is 5.67. The van der Waals surface area contributed by atoms with Gasteiger partial charge in [0, 0.05) is 44.8 Å². The van der Waals surface area contributed by atoms with Crippen LogP contribution in [0.25, 0.3) is 0 Å². The van der Waals surface area contributed by atoms with Crippen molar-refractivity contribution in [1.29, 1.82) is 0 Å². The van der Waals surface area contributed by atoms with Gasteiger partial charge in [-0.1, -0.05) is 0 Å². The quantitative estimate of drug-likeness (QED) is 0.635. The van der Waals surface area contributed by atoms with Crippen LogP contribution < -0.4 is 15.5 Å². The van der Waals surface area contributed by atoms with Crippen LogP contribution in [-0.4, -0.2) is 89.1 Å². The SMILES string of the molecule is CC(C)Nc1nc(NCCO)nc(N2CCC(N3CCO[C@@H](C)C3)CC2)n1. The van der Waals surface area contributed by atoms with E-state index in [1.165, 1.54) is 0 Å². The van der Waals surface area contributed by atoms with E-state index in [0.717, 1.165) is 45.6 Å². The molecule has 1 atom stereocenters. The van der Waals surface area contributed by atoms with Gasteiger partial charge in [-0.15, -0.1) is 0 Å². The van der Waals surface area contributed by atoms with Crippen molar-refractivity contribution >= 4 is 17.8 Å². The number of hydrogen-bond acceptors (Lipinski definition) is 9. The van der Waals surface area contributed by atoms with Crippen LogP contribution in [0.3, 0.4) is 0 Å². The van der Waals surface area contributed by atoms with Crippen LogP contribution >= 0.6 is 0 Å². The first-order chi connectivity index (χ1) is 13.0. The third kappa shape index (κ3) is 5.63. The van der Waals surface area contributed by atoms with Crippen molar-refractivity contribution in [1.82, 2.24) is 19.9 Å². The summed E-state index contributed by atoms with van der Waals surface area (Å²) in [5, 5.41) is 15.4. The van der Waals surface area contributed by atoms with Crippen molar-refractivity contribution in [2.75, 3.05) is 61.5 Å². The van der Waals surface area contributed by atoms with Crippen molar-refractivity contribution in [3.8, 4) is 0 Å². The van der Waals surface area contributed by atoms with Gasteiger partial charge >= 0.3 is 0 Å². The van der Waals surface area contributed by atoms with Crippen molar-refractivity contribution in [2.24, 2.45) is 0 Å². The fourth-order valence-electron chi connectivity index (χ4n) is 3.68. The Balaban J connectivity index is 1.65. The lowest BCUT2D eigenvalue weighted by Crippen LogP contribution is -2.51. The number of aliphatic hydroxyl groups excluding tert-OH is 1. The van der Waals surface area contributed by atoms with Crippen molar-refractivity contribution < 1.29 is 9.84 Å². The Morgan fingerprint density at radius 2 is 1.89 bits per heavy atom. The molecule has 9 heteroatoms. The maximum atomic E-state index is 9.06. The molecule has 2 aliphatic heterocycles. The highest BCUT2D eigenvalue weighted by Crippen LogP contribution is 2.23. The second kappa shape index (κ2) is 9.48. The average molecular weight is 380 g/mol. The monoisotopic (exact) mass is 379 g/mol. The van der Waals surface area contributed by atoms with Crippen LogP contribution in [0.15, 0.2) is 0 Å². The molecule has 2 saturated heterocycles. The number of nitrogens with zero attached hydrogens (tertiary/aromatic N) is 5. The van der Waals surface area contributed by atoms with E-state index in [-0.39, 0.29) is 12.6 Å². The lowest BCUT2D eigenvalue weighted by Gasteiger charge is -2.41. The molecule has 3 heterocycles. The zero-order valence-electron chi connectivity index (χ0n) is 16.7. The molecule has 1 aromatic rings. The second-order valence-electron chi connectivity index (χ2n) is 7.63. The Hall–Kier alpha value is -1.71. The van der Waals surface area contributed by atoms with Crippen LogP contribution in [0.1, 0.15) is 33.6 Å². The number of ether oxygens (including phenoxy) is 1. The third-order valence-corrected chi connectivity index (χ3v) is 4.97. The molecule has 1 aromatic heterocycles. The minimum atomic E-state index is 0.0390. The summed E-state index contributed by atoms with van der Waals surface area (Å²) in [4.78, 5) is 18.4. The first-order valence-corrected chi connectivity index (χ1v) is 10.0. The Morgan fingerprint density at radius 1 is 1.15 bits per heavy atom. The van der Waals surface area contributed by atoms with Gasteiger partial charge in [-0.05, 0) is 33.6 Å². The normalized spacial score (nSPS) is 22.3. The highest BCUT2D eigenvalue weighted by molar-refractivity contribution is 5.44. The predicted molar refractivity (Wildman–Crippen MR) is 106 cm³/mol. The third-order valence-electron chi connectivity index (χ3n) is 4.97. The molecule has 2 aliphatic rings. The lowest BCUT2D eigenvalue weighted by molar-refractivity contribution is -0.0374. The first kappa shape index (κ1) is 20.0. The van der Waals surface area contributed by atoms with Crippen LogP contribution in [0.5, 0.6) is 0 Å². The van der Waals surface area contributed by atoms with E-state index in [1.807, 2.05) is 0 Å². The molecular formula is C18H33N7O2. The molecule has 0 bridgehead atoms. The van der Waals surface area contributed by atoms with Crippen LogP contribution in [0, 0.1) is 0 Å². The summed E-state index contributed by atoms with van der Waals surface area (Å²) in [6.45, 7) is 11.5. The Kier molecular flexibility index (Phi) is 7.03. The minimum absolute atomic E-state index is 0.0390. The molecule has 0 saturated carbocycles. The van der Waals surface area contributed by atoms with E-state index in [2.05, 4.69) is 56.2 Å². The summed E-state index contributed by atoms with van der Waals surface area (Å²) in [5.74, 6) is 1.77. The van der Waals surface area contributed by atoms with E-state index in [0.29, 0.717) is 36.5 Å². The number of hydrogen-bond donors (Lipinski definition) is 3. The van der Waals surface area contributed by atoms with Gasteiger partial charge in [0.15, 0.2) is 0 Å². The molecule has 27 heavy (non-hydrogen) atoms. The maximum absolute atomic E-state index is 9.06. The zero-order chi connectivity index (χ0) is 19.2. The molecule has 0 unspecified atom stereocenters. The largest absolute Gasteiger partial charge is 0.395 e. The van der Waals surface area contributed by atoms with Crippen LogP contribution in [-0.2, 0) is 4.74 Å². The lowest BCUT2D eigenvalue weighted by atomic mass is 10.0. The number of aliphatic hydroxyl groups is 1. The van der Waals surface area contributed by atoms with Crippen molar-refractivity contribution in [3.05, 3.63) is 0 Å². The highest BCUT2D eigenvalue weighted by Gasteiger charge is 2.29. The number of nitrogens with one attached hydrogen (secondary N) is 2. The molecule has 3 N–H and O–H groups in total. The van der Waals surface area contributed by atoms with E-state index in [9.17, 15) is 0 Å². The Morgan fingerprint density at radius 3 is 2.56 bits per heavy atom. The molecule has 0 aliphatic carbocycles. The molecule has 152 valence electrons. The number of piperidine rings is 1. The molecule has 0 radical (unpaired) electrons. The molecule has 0 spiro atoms. The number of morpholine rings is 1. The molecule has 9 nitrogen and oxygen atoms in total. The predicted octanol–water partition coefficient (Wildman–Crippen LogP) is 0.786. The van der Waals surface area contributed by atoms with E-state index >= 15 is 0 Å².